The molecule has 0 fully saturated rings. The summed E-state index contributed by atoms with van der Waals surface area (Å²) in [6, 6.07) is 7.15. The van der Waals surface area contributed by atoms with Crippen molar-refractivity contribution in [2.24, 2.45) is 0 Å². The zero-order chi connectivity index (χ0) is 36.5. The summed E-state index contributed by atoms with van der Waals surface area (Å²) in [5, 5.41) is 0. The van der Waals surface area contributed by atoms with Gasteiger partial charge in [0.2, 0.25) is 0 Å². The highest BCUT2D eigenvalue weighted by molar-refractivity contribution is 5.95. The Bertz CT molecular complexity index is 1990. The Balaban J connectivity index is 2.15. The first-order valence-electron chi connectivity index (χ1n) is 16.8. The number of fused-ring (bicyclic) bond motifs is 6. The summed E-state index contributed by atoms with van der Waals surface area (Å²) in [5.41, 5.74) is 10.1. The van der Waals surface area contributed by atoms with Crippen molar-refractivity contribution in [3.63, 3.8) is 0 Å². The maximum Gasteiger partial charge on any atom is 0.356 e. The van der Waals surface area contributed by atoms with E-state index in [1.807, 2.05) is 19.9 Å². The summed E-state index contributed by atoms with van der Waals surface area (Å²) >= 11 is 0. The van der Waals surface area contributed by atoms with Crippen molar-refractivity contribution in [3.05, 3.63) is 69.3 Å². The van der Waals surface area contributed by atoms with Crippen molar-refractivity contribution in [2.75, 3.05) is 27.4 Å². The average molecular weight is 687 g/mol. The molecule has 0 saturated heterocycles. The largest absolute Gasteiger partial charge is 0.466 e. The van der Waals surface area contributed by atoms with Gasteiger partial charge in [0.1, 0.15) is 0 Å². The van der Waals surface area contributed by atoms with E-state index >= 15 is 0 Å². The number of rotatable bonds is 12. The first kappa shape index (κ1) is 37.6. The number of methoxy groups -OCH3 is 2. The predicted molar refractivity (Wildman–Crippen MR) is 190 cm³/mol. The summed E-state index contributed by atoms with van der Waals surface area (Å²) in [5.74, 6) is -2.20. The predicted octanol–water partition coefficient (Wildman–Crippen LogP) is 6.78. The van der Waals surface area contributed by atoms with E-state index < -0.39 is 11.9 Å². The fraction of sp³-hybridized carbons (Fsp3) is 0.421. The fourth-order valence-corrected chi connectivity index (χ4v) is 6.24. The van der Waals surface area contributed by atoms with Crippen LogP contribution in [-0.2, 0) is 47.8 Å². The molecule has 0 radical (unpaired) electrons. The second kappa shape index (κ2) is 16.9. The molecule has 0 atom stereocenters. The lowest BCUT2D eigenvalue weighted by Crippen LogP contribution is -2.09. The standard InChI is InChI=1S/C38H46N4O8/c1-9-25-26(10-2)32-20-34-28(14-12-16-50-24(6)44)22(4)30(40-34)18-36(38(46)48-8)42-35(37(45)47-7)17-29-21(3)27(13-11-15-49-23(5)43)33(39-29)19-31(25)41-32/h17-20,39,41H,9-16H2,1-8H3. The highest BCUT2D eigenvalue weighted by Crippen LogP contribution is 2.34. The maximum atomic E-state index is 13.1. The molecule has 0 spiro atoms. The number of hydrogen-bond donors (Lipinski definition) is 2. The van der Waals surface area contributed by atoms with Crippen LogP contribution in [-0.4, -0.2) is 71.2 Å². The van der Waals surface area contributed by atoms with Crippen LogP contribution in [0.4, 0.5) is 0 Å². The Morgan fingerprint density at radius 3 is 1.72 bits per heavy atom. The molecule has 0 amide bonds. The quantitative estimate of drug-likeness (QED) is 0.118. The van der Waals surface area contributed by atoms with Crippen LogP contribution in [0.2, 0.25) is 0 Å². The topological polar surface area (TPSA) is 163 Å². The Kier molecular flexibility index (Phi) is 12.7. The van der Waals surface area contributed by atoms with Gasteiger partial charge in [-0.25, -0.2) is 19.6 Å². The molecule has 2 N–H and O–H groups in total. The number of aromatic nitrogens is 4. The monoisotopic (exact) mass is 686 g/mol. The zero-order valence-electron chi connectivity index (χ0n) is 30.1. The third kappa shape index (κ3) is 8.66. The van der Waals surface area contributed by atoms with Gasteiger partial charge in [0.25, 0.3) is 0 Å². The summed E-state index contributed by atoms with van der Waals surface area (Å²) in [6.07, 6.45) is 3.85. The average Bonchev–Trinajstić information content (AvgIpc) is 3.68. The highest BCUT2D eigenvalue weighted by Gasteiger charge is 2.21. The van der Waals surface area contributed by atoms with Gasteiger partial charge in [-0.1, -0.05) is 13.8 Å². The second-order valence-electron chi connectivity index (χ2n) is 12.0. The number of hydrogen-bond acceptors (Lipinski definition) is 10. The number of aryl methyl sites for hydroxylation is 4. The molecule has 266 valence electrons. The van der Waals surface area contributed by atoms with Crippen molar-refractivity contribution < 1.29 is 38.1 Å². The van der Waals surface area contributed by atoms with Gasteiger partial charge in [-0.2, -0.15) is 0 Å². The van der Waals surface area contributed by atoms with Crippen LogP contribution < -0.4 is 0 Å². The van der Waals surface area contributed by atoms with E-state index in [9.17, 15) is 19.2 Å². The fourth-order valence-electron chi connectivity index (χ4n) is 6.24. The van der Waals surface area contributed by atoms with Crippen LogP contribution >= 0.6 is 0 Å². The number of esters is 4. The summed E-state index contributed by atoms with van der Waals surface area (Å²) in [6.45, 7) is 11.4. The lowest BCUT2D eigenvalue weighted by atomic mass is 10.0. The number of nitrogens with zero attached hydrogens (tertiary/aromatic N) is 2. The maximum absolute atomic E-state index is 13.1. The minimum Gasteiger partial charge on any atom is -0.466 e. The number of nitrogens with one attached hydrogen (secondary N) is 2. The van der Waals surface area contributed by atoms with Crippen LogP contribution in [0, 0.1) is 6.92 Å². The van der Waals surface area contributed by atoms with Crippen LogP contribution in [0.3, 0.4) is 0 Å². The Morgan fingerprint density at radius 2 is 1.16 bits per heavy atom. The Morgan fingerprint density at radius 1 is 0.640 bits per heavy atom. The minimum atomic E-state index is -0.761. The normalized spacial score (nSPS) is 11.7. The third-order valence-corrected chi connectivity index (χ3v) is 8.74. The number of H-pyrrole nitrogens is 2. The van der Waals surface area contributed by atoms with Crippen molar-refractivity contribution >= 4 is 57.1 Å². The number of aromatic amines is 2. The molecular formula is C38H46N4O8. The summed E-state index contributed by atoms with van der Waals surface area (Å²) in [4.78, 5) is 65.7. The first-order valence-corrected chi connectivity index (χ1v) is 16.8. The van der Waals surface area contributed by atoms with Crippen LogP contribution in [0.15, 0.2) is 24.3 Å². The van der Waals surface area contributed by atoms with Crippen LogP contribution in [0.25, 0.3) is 33.2 Å². The van der Waals surface area contributed by atoms with Gasteiger partial charge in [-0.15, -0.1) is 0 Å². The van der Waals surface area contributed by atoms with Crippen molar-refractivity contribution in [3.8, 4) is 0 Å². The van der Waals surface area contributed by atoms with Gasteiger partial charge in [-0.3, -0.25) is 9.59 Å². The van der Waals surface area contributed by atoms with Gasteiger partial charge in [-0.05, 0) is 110 Å². The van der Waals surface area contributed by atoms with Crippen LogP contribution in [0.5, 0.6) is 0 Å². The number of allylic oxidation sites excluding steroid dienone is 2. The Hall–Kier alpha value is -5.26. The number of ether oxygens (including phenoxy) is 4. The molecule has 3 aromatic heterocycles. The molecule has 0 aliphatic carbocycles. The zero-order valence-corrected chi connectivity index (χ0v) is 30.1. The molecule has 6 bridgehead atoms. The van der Waals surface area contributed by atoms with Crippen LogP contribution in [0.1, 0.15) is 108 Å². The smallest absolute Gasteiger partial charge is 0.356 e. The van der Waals surface area contributed by atoms with E-state index in [0.29, 0.717) is 42.6 Å². The SMILES string of the molecule is CCc1c(CC)c2cc3[nH]c(cc(C(=O)OC)nc(C(=O)OC)cc4nc(cc1[nH]2)C(CCCOC(C)=O)=C4C)c(C)c3CCCOC(C)=O. The van der Waals surface area contributed by atoms with E-state index in [1.54, 1.807) is 6.07 Å². The lowest BCUT2D eigenvalue weighted by Gasteiger charge is -2.06. The van der Waals surface area contributed by atoms with Crippen molar-refractivity contribution in [1.29, 1.82) is 0 Å². The third-order valence-electron chi connectivity index (χ3n) is 8.74. The number of carbonyl (C=O) groups excluding carboxylic acids is 4. The van der Waals surface area contributed by atoms with Gasteiger partial charge in [0.05, 0.1) is 38.8 Å². The molecule has 50 heavy (non-hydrogen) atoms. The van der Waals surface area contributed by atoms with Gasteiger partial charge >= 0.3 is 23.9 Å². The van der Waals surface area contributed by atoms with E-state index in [-0.39, 0.29) is 36.5 Å². The van der Waals surface area contributed by atoms with E-state index in [1.165, 1.54) is 34.1 Å². The summed E-state index contributed by atoms with van der Waals surface area (Å²) < 4.78 is 20.6. The van der Waals surface area contributed by atoms with Crippen molar-refractivity contribution in [2.45, 2.75) is 80.1 Å². The van der Waals surface area contributed by atoms with Gasteiger partial charge in [0.15, 0.2) is 11.4 Å². The van der Waals surface area contributed by atoms with E-state index in [2.05, 4.69) is 34.9 Å². The van der Waals surface area contributed by atoms with E-state index in [4.69, 9.17) is 23.9 Å². The molecule has 12 heteroatoms. The molecule has 4 heterocycles. The first-order chi connectivity index (χ1) is 23.9. The molecule has 12 nitrogen and oxygen atoms in total. The summed E-state index contributed by atoms with van der Waals surface area (Å²) in [7, 11) is 2.48. The van der Waals surface area contributed by atoms with Gasteiger partial charge in [0, 0.05) is 35.9 Å². The minimum absolute atomic E-state index is 0.124. The highest BCUT2D eigenvalue weighted by atomic mass is 16.5. The molecule has 0 aromatic carbocycles. The molecule has 0 unspecified atom stereocenters. The molecule has 1 aliphatic heterocycles. The molecule has 1 aliphatic rings. The van der Waals surface area contributed by atoms with Gasteiger partial charge < -0.3 is 28.9 Å². The molecule has 0 saturated carbocycles. The number of carbonyl (C=O) groups is 4. The molecule has 3 aromatic rings. The molecular weight excluding hydrogens is 640 g/mol. The van der Waals surface area contributed by atoms with Crippen molar-refractivity contribution in [1.82, 2.24) is 19.9 Å². The second-order valence-corrected chi connectivity index (χ2v) is 12.0. The van der Waals surface area contributed by atoms with E-state index in [0.717, 1.165) is 62.8 Å². The lowest BCUT2D eigenvalue weighted by molar-refractivity contribution is -0.142. The molecule has 4 rings (SSSR count). The Labute approximate surface area is 291 Å².